The van der Waals surface area contributed by atoms with Gasteiger partial charge in [0.2, 0.25) is 0 Å². The fraction of sp³-hybridized carbons (Fsp3) is 0. The van der Waals surface area contributed by atoms with Crippen LogP contribution in [0.5, 0.6) is 11.5 Å². The molecule has 1 N–H and O–H groups in total. The molecule has 110 valence electrons. The summed E-state index contributed by atoms with van der Waals surface area (Å²) in [4.78, 5) is 11.0. The molecule has 0 aliphatic heterocycles. The van der Waals surface area contributed by atoms with Crippen LogP contribution in [-0.2, 0) is 0 Å². The van der Waals surface area contributed by atoms with E-state index in [9.17, 15) is 13.6 Å². The second-order valence-electron chi connectivity index (χ2n) is 4.68. The van der Waals surface area contributed by atoms with Gasteiger partial charge < -0.3 is 9.84 Å². The molecule has 0 aliphatic rings. The van der Waals surface area contributed by atoms with E-state index < -0.39 is 17.6 Å². The zero-order chi connectivity index (χ0) is 15.7. The lowest BCUT2D eigenvalue weighted by atomic mass is 10.1. The van der Waals surface area contributed by atoms with E-state index in [1.807, 2.05) is 0 Å². The van der Waals surface area contributed by atoms with Gasteiger partial charge in [0.1, 0.15) is 11.5 Å². The number of fused-ring (bicyclic) bond motifs is 1. The predicted molar refractivity (Wildman–Crippen MR) is 77.3 cm³/mol. The molecule has 0 heterocycles. The third-order valence-corrected chi connectivity index (χ3v) is 3.21. The zero-order valence-electron chi connectivity index (χ0n) is 11.2. The van der Waals surface area contributed by atoms with Crippen molar-refractivity contribution >= 4 is 16.7 Å². The molecule has 0 radical (unpaired) electrons. The highest BCUT2D eigenvalue weighted by atomic mass is 19.2. The molecular weight excluding hydrogens is 290 g/mol. The minimum Gasteiger partial charge on any atom is -0.478 e. The molecule has 0 saturated carbocycles. The molecule has 0 spiro atoms. The van der Waals surface area contributed by atoms with Crippen LogP contribution in [0.25, 0.3) is 10.8 Å². The van der Waals surface area contributed by atoms with E-state index in [0.717, 1.165) is 12.1 Å². The molecule has 3 aromatic rings. The molecule has 3 nitrogen and oxygen atoms in total. The maximum absolute atomic E-state index is 13.2. The quantitative estimate of drug-likeness (QED) is 0.768. The van der Waals surface area contributed by atoms with Crippen molar-refractivity contribution in [3.8, 4) is 11.5 Å². The number of benzene rings is 3. The maximum atomic E-state index is 13.2. The van der Waals surface area contributed by atoms with Crippen molar-refractivity contribution in [1.29, 1.82) is 0 Å². The van der Waals surface area contributed by atoms with Crippen LogP contribution in [0.4, 0.5) is 8.78 Å². The summed E-state index contributed by atoms with van der Waals surface area (Å²) in [6, 6.07) is 13.0. The second-order valence-corrected chi connectivity index (χ2v) is 4.68. The van der Waals surface area contributed by atoms with Gasteiger partial charge in [0.15, 0.2) is 11.6 Å². The van der Waals surface area contributed by atoms with Crippen LogP contribution in [0.15, 0.2) is 54.6 Å². The summed E-state index contributed by atoms with van der Waals surface area (Å²) in [6.45, 7) is 0. The van der Waals surface area contributed by atoms with Gasteiger partial charge in [0.25, 0.3) is 0 Å². The number of halogens is 2. The Morgan fingerprint density at radius 2 is 1.77 bits per heavy atom. The fourth-order valence-corrected chi connectivity index (χ4v) is 2.14. The van der Waals surface area contributed by atoms with Crippen molar-refractivity contribution < 1.29 is 23.4 Å². The van der Waals surface area contributed by atoms with Gasteiger partial charge in [-0.25, -0.2) is 13.6 Å². The van der Waals surface area contributed by atoms with Crippen LogP contribution in [0, 0.1) is 11.6 Å². The van der Waals surface area contributed by atoms with Gasteiger partial charge in [0.05, 0.1) is 5.56 Å². The first-order chi connectivity index (χ1) is 10.5. The lowest BCUT2D eigenvalue weighted by Crippen LogP contribution is -1.95. The summed E-state index contributed by atoms with van der Waals surface area (Å²) in [5, 5.41) is 10.4. The molecule has 0 aromatic heterocycles. The molecule has 0 saturated heterocycles. The lowest BCUT2D eigenvalue weighted by Gasteiger charge is -2.09. The highest BCUT2D eigenvalue weighted by Crippen LogP contribution is 2.31. The van der Waals surface area contributed by atoms with E-state index in [4.69, 9.17) is 9.84 Å². The summed E-state index contributed by atoms with van der Waals surface area (Å²) in [5.41, 5.74) is 0.164. The standard InChI is InChI=1S/C17H10F2O3/c18-14-7-5-12(9-15(14)19)22-16-3-1-2-10-8-11(17(20)21)4-6-13(10)16/h1-9H,(H,20,21). The van der Waals surface area contributed by atoms with Crippen LogP contribution < -0.4 is 4.74 Å². The third kappa shape index (κ3) is 2.61. The lowest BCUT2D eigenvalue weighted by molar-refractivity contribution is 0.0697. The van der Waals surface area contributed by atoms with E-state index in [2.05, 4.69) is 0 Å². The Balaban J connectivity index is 2.03. The van der Waals surface area contributed by atoms with Gasteiger partial charge in [-0.1, -0.05) is 12.1 Å². The SMILES string of the molecule is O=C(O)c1ccc2c(Oc3ccc(F)c(F)c3)cccc2c1. The zero-order valence-corrected chi connectivity index (χ0v) is 11.2. The molecule has 0 bridgehead atoms. The Hall–Kier alpha value is -2.95. The molecule has 0 amide bonds. The average Bonchev–Trinajstić information content (AvgIpc) is 2.50. The molecule has 5 heteroatoms. The number of aromatic carboxylic acids is 1. The Morgan fingerprint density at radius 1 is 0.955 bits per heavy atom. The molecule has 0 unspecified atom stereocenters. The summed E-state index contributed by atoms with van der Waals surface area (Å²) in [6.07, 6.45) is 0. The van der Waals surface area contributed by atoms with Gasteiger partial charge in [-0.3, -0.25) is 0 Å². The Bertz CT molecular complexity index is 875. The molecule has 0 fully saturated rings. The number of carbonyl (C=O) groups is 1. The second kappa shape index (κ2) is 5.44. The minimum absolute atomic E-state index is 0.161. The monoisotopic (exact) mass is 300 g/mol. The molecule has 22 heavy (non-hydrogen) atoms. The predicted octanol–water partition coefficient (Wildman–Crippen LogP) is 4.61. The Morgan fingerprint density at radius 3 is 2.50 bits per heavy atom. The first-order valence-electron chi connectivity index (χ1n) is 6.43. The number of ether oxygens (including phenoxy) is 1. The normalized spacial score (nSPS) is 10.6. The van der Waals surface area contributed by atoms with E-state index in [1.165, 1.54) is 18.2 Å². The number of rotatable bonds is 3. The van der Waals surface area contributed by atoms with Crippen molar-refractivity contribution in [1.82, 2.24) is 0 Å². The summed E-state index contributed by atoms with van der Waals surface area (Å²) in [7, 11) is 0. The van der Waals surface area contributed by atoms with Gasteiger partial charge in [-0.2, -0.15) is 0 Å². The smallest absolute Gasteiger partial charge is 0.335 e. The van der Waals surface area contributed by atoms with E-state index >= 15 is 0 Å². The van der Waals surface area contributed by atoms with E-state index in [0.29, 0.717) is 16.5 Å². The highest BCUT2D eigenvalue weighted by molar-refractivity contribution is 5.96. The van der Waals surface area contributed by atoms with Crippen LogP contribution in [-0.4, -0.2) is 11.1 Å². The van der Waals surface area contributed by atoms with Gasteiger partial charge in [-0.15, -0.1) is 0 Å². The topological polar surface area (TPSA) is 46.5 Å². The first-order valence-corrected chi connectivity index (χ1v) is 6.43. The summed E-state index contributed by atoms with van der Waals surface area (Å²) >= 11 is 0. The average molecular weight is 300 g/mol. The highest BCUT2D eigenvalue weighted by Gasteiger charge is 2.09. The summed E-state index contributed by atoms with van der Waals surface area (Å²) < 4.78 is 31.7. The molecular formula is C17H10F2O3. The first kappa shape index (κ1) is 14.0. The van der Waals surface area contributed by atoms with Crippen molar-refractivity contribution in [3.05, 3.63) is 71.8 Å². The third-order valence-electron chi connectivity index (χ3n) is 3.21. The number of hydrogen-bond acceptors (Lipinski definition) is 2. The Kier molecular flexibility index (Phi) is 3.47. The maximum Gasteiger partial charge on any atom is 0.335 e. The van der Waals surface area contributed by atoms with Gasteiger partial charge >= 0.3 is 5.97 Å². The Labute approximate surface area is 124 Å². The van der Waals surface area contributed by atoms with Crippen molar-refractivity contribution in [2.24, 2.45) is 0 Å². The van der Waals surface area contributed by atoms with Crippen molar-refractivity contribution in [2.45, 2.75) is 0 Å². The van der Waals surface area contributed by atoms with E-state index in [1.54, 1.807) is 24.3 Å². The van der Waals surface area contributed by atoms with Crippen LogP contribution in [0.3, 0.4) is 0 Å². The molecule has 3 aromatic carbocycles. The molecule has 3 rings (SSSR count). The van der Waals surface area contributed by atoms with Gasteiger partial charge in [0, 0.05) is 11.5 Å². The number of carboxylic acids is 1. The minimum atomic E-state index is -1.02. The number of carboxylic acid groups (broad SMARTS) is 1. The van der Waals surface area contributed by atoms with Crippen molar-refractivity contribution in [3.63, 3.8) is 0 Å². The van der Waals surface area contributed by atoms with Crippen LogP contribution in [0.2, 0.25) is 0 Å². The fourth-order valence-electron chi connectivity index (χ4n) is 2.14. The number of hydrogen-bond donors (Lipinski definition) is 1. The largest absolute Gasteiger partial charge is 0.478 e. The van der Waals surface area contributed by atoms with Crippen LogP contribution in [0.1, 0.15) is 10.4 Å². The van der Waals surface area contributed by atoms with Gasteiger partial charge in [-0.05, 0) is 41.8 Å². The molecule has 0 aliphatic carbocycles. The van der Waals surface area contributed by atoms with Crippen molar-refractivity contribution in [2.75, 3.05) is 0 Å². The summed E-state index contributed by atoms with van der Waals surface area (Å²) in [5.74, 6) is -2.37. The molecule has 0 atom stereocenters. The van der Waals surface area contributed by atoms with Crippen LogP contribution >= 0.6 is 0 Å². The van der Waals surface area contributed by atoms with E-state index in [-0.39, 0.29) is 11.3 Å².